The number of benzene rings is 1. The number of amides is 1. The van der Waals surface area contributed by atoms with Gasteiger partial charge in [0.05, 0.1) is 6.54 Å². The number of nitrogens with one attached hydrogen (secondary N) is 1. The van der Waals surface area contributed by atoms with Gasteiger partial charge in [-0.25, -0.2) is 4.98 Å². The summed E-state index contributed by atoms with van der Waals surface area (Å²) in [4.78, 5) is 19.2. The molecule has 2 heterocycles. The summed E-state index contributed by atoms with van der Waals surface area (Å²) in [5.74, 6) is 0.880. The van der Waals surface area contributed by atoms with Gasteiger partial charge in [0.2, 0.25) is 0 Å². The summed E-state index contributed by atoms with van der Waals surface area (Å²) in [6.45, 7) is 10.6. The SMILES string of the molecule is CCN1CCn2cc(C(=O)NCc3cc(C)ccc3C)nc2C1. The number of carbonyl (C=O) groups is 1. The van der Waals surface area contributed by atoms with E-state index in [0.717, 1.165) is 37.6 Å². The monoisotopic (exact) mass is 312 g/mol. The highest BCUT2D eigenvalue weighted by molar-refractivity contribution is 5.92. The third kappa shape index (κ3) is 3.45. The minimum absolute atomic E-state index is 0.101. The van der Waals surface area contributed by atoms with Gasteiger partial charge >= 0.3 is 0 Å². The average molecular weight is 312 g/mol. The van der Waals surface area contributed by atoms with Crippen LogP contribution in [0.2, 0.25) is 0 Å². The molecule has 0 unspecified atom stereocenters. The lowest BCUT2D eigenvalue weighted by Crippen LogP contribution is -2.33. The van der Waals surface area contributed by atoms with Crippen LogP contribution in [-0.2, 0) is 19.6 Å². The molecule has 3 rings (SSSR count). The molecule has 0 bridgehead atoms. The lowest BCUT2D eigenvalue weighted by Gasteiger charge is -2.25. The minimum Gasteiger partial charge on any atom is -0.347 e. The molecule has 0 atom stereocenters. The number of aryl methyl sites for hydroxylation is 2. The van der Waals surface area contributed by atoms with E-state index >= 15 is 0 Å². The van der Waals surface area contributed by atoms with E-state index in [1.807, 2.05) is 6.20 Å². The molecule has 2 aromatic rings. The summed E-state index contributed by atoms with van der Waals surface area (Å²) in [5, 5.41) is 2.99. The van der Waals surface area contributed by atoms with E-state index in [9.17, 15) is 4.79 Å². The van der Waals surface area contributed by atoms with Gasteiger partial charge in [-0.2, -0.15) is 0 Å². The Hall–Kier alpha value is -2.14. The molecule has 0 saturated carbocycles. The van der Waals surface area contributed by atoms with Crippen LogP contribution in [0.15, 0.2) is 24.4 Å². The second-order valence-electron chi connectivity index (χ2n) is 6.22. The van der Waals surface area contributed by atoms with Crippen LogP contribution in [0.1, 0.15) is 39.9 Å². The van der Waals surface area contributed by atoms with Crippen LogP contribution in [0, 0.1) is 13.8 Å². The first-order chi connectivity index (χ1) is 11.1. The number of likely N-dealkylation sites (N-methyl/N-ethyl adjacent to an activating group) is 1. The number of hydrogen-bond acceptors (Lipinski definition) is 3. The fourth-order valence-corrected chi connectivity index (χ4v) is 2.94. The molecular formula is C18H24N4O. The quantitative estimate of drug-likeness (QED) is 0.942. The minimum atomic E-state index is -0.101. The number of hydrogen-bond donors (Lipinski definition) is 1. The van der Waals surface area contributed by atoms with E-state index in [2.05, 4.69) is 58.7 Å². The normalized spacial score (nSPS) is 14.6. The molecule has 1 N–H and O–H groups in total. The summed E-state index contributed by atoms with van der Waals surface area (Å²) in [6, 6.07) is 6.29. The van der Waals surface area contributed by atoms with Crippen molar-refractivity contribution in [3.8, 4) is 0 Å². The zero-order chi connectivity index (χ0) is 16.4. The maximum atomic E-state index is 12.4. The van der Waals surface area contributed by atoms with Crippen LogP contribution >= 0.6 is 0 Å². The Morgan fingerprint density at radius 3 is 2.91 bits per heavy atom. The van der Waals surface area contributed by atoms with E-state index in [-0.39, 0.29) is 5.91 Å². The Morgan fingerprint density at radius 2 is 2.13 bits per heavy atom. The first kappa shape index (κ1) is 15.7. The zero-order valence-electron chi connectivity index (χ0n) is 14.1. The number of rotatable bonds is 4. The highest BCUT2D eigenvalue weighted by Crippen LogP contribution is 2.13. The van der Waals surface area contributed by atoms with Crippen LogP contribution in [0.3, 0.4) is 0 Å². The Bertz CT molecular complexity index is 720. The zero-order valence-corrected chi connectivity index (χ0v) is 14.1. The second-order valence-corrected chi connectivity index (χ2v) is 6.22. The molecule has 5 heteroatoms. The van der Waals surface area contributed by atoms with E-state index in [0.29, 0.717) is 12.2 Å². The Kier molecular flexibility index (Phi) is 4.48. The van der Waals surface area contributed by atoms with Crippen molar-refractivity contribution in [2.45, 2.75) is 40.4 Å². The molecule has 1 aromatic carbocycles. The smallest absolute Gasteiger partial charge is 0.271 e. The molecule has 1 amide bonds. The molecule has 1 aromatic heterocycles. The highest BCUT2D eigenvalue weighted by atomic mass is 16.1. The molecule has 0 fully saturated rings. The van der Waals surface area contributed by atoms with Crippen LogP contribution in [-0.4, -0.2) is 33.4 Å². The fourth-order valence-electron chi connectivity index (χ4n) is 2.94. The number of carbonyl (C=O) groups excluding carboxylic acids is 1. The third-order valence-corrected chi connectivity index (χ3v) is 4.51. The molecule has 0 saturated heterocycles. The lowest BCUT2D eigenvalue weighted by molar-refractivity contribution is 0.0946. The summed E-state index contributed by atoms with van der Waals surface area (Å²) in [6.07, 6.45) is 1.88. The predicted molar refractivity (Wildman–Crippen MR) is 90.3 cm³/mol. The molecule has 0 radical (unpaired) electrons. The Balaban J connectivity index is 1.67. The van der Waals surface area contributed by atoms with Crippen molar-refractivity contribution in [3.05, 3.63) is 52.6 Å². The summed E-state index contributed by atoms with van der Waals surface area (Å²) >= 11 is 0. The van der Waals surface area contributed by atoms with Gasteiger partial charge in [0.15, 0.2) is 0 Å². The van der Waals surface area contributed by atoms with Crippen LogP contribution in [0.25, 0.3) is 0 Å². The van der Waals surface area contributed by atoms with Crippen molar-refractivity contribution >= 4 is 5.91 Å². The van der Waals surface area contributed by atoms with E-state index < -0.39 is 0 Å². The Labute approximate surface area is 137 Å². The third-order valence-electron chi connectivity index (χ3n) is 4.51. The summed E-state index contributed by atoms with van der Waals surface area (Å²) in [5.41, 5.74) is 4.07. The molecule has 23 heavy (non-hydrogen) atoms. The average Bonchev–Trinajstić information content (AvgIpc) is 2.98. The van der Waals surface area contributed by atoms with Gasteiger partial charge in [-0.3, -0.25) is 9.69 Å². The maximum absolute atomic E-state index is 12.4. The standard InChI is InChI=1S/C18H24N4O/c1-4-21-7-8-22-11-16(20-17(22)12-21)18(23)19-10-15-9-13(2)5-6-14(15)3/h5-6,9,11H,4,7-8,10,12H2,1-3H3,(H,19,23). The van der Waals surface area contributed by atoms with E-state index in [1.54, 1.807) is 0 Å². The van der Waals surface area contributed by atoms with Crippen LogP contribution in [0.5, 0.6) is 0 Å². The van der Waals surface area contributed by atoms with E-state index in [1.165, 1.54) is 11.1 Å². The van der Waals surface area contributed by atoms with Crippen molar-refractivity contribution < 1.29 is 4.79 Å². The van der Waals surface area contributed by atoms with Gasteiger partial charge < -0.3 is 9.88 Å². The van der Waals surface area contributed by atoms with Crippen molar-refractivity contribution in [2.24, 2.45) is 0 Å². The molecule has 5 nitrogen and oxygen atoms in total. The Morgan fingerprint density at radius 1 is 1.30 bits per heavy atom. The van der Waals surface area contributed by atoms with Gasteiger partial charge in [0.25, 0.3) is 5.91 Å². The van der Waals surface area contributed by atoms with Crippen molar-refractivity contribution in [2.75, 3.05) is 13.1 Å². The van der Waals surface area contributed by atoms with Crippen LogP contribution < -0.4 is 5.32 Å². The maximum Gasteiger partial charge on any atom is 0.271 e. The van der Waals surface area contributed by atoms with Gasteiger partial charge in [-0.1, -0.05) is 30.7 Å². The number of imidazole rings is 1. The molecule has 1 aliphatic rings. The lowest BCUT2D eigenvalue weighted by atomic mass is 10.1. The molecule has 122 valence electrons. The predicted octanol–water partition coefficient (Wildman–Crippen LogP) is 2.27. The van der Waals surface area contributed by atoms with Gasteiger partial charge in [-0.05, 0) is 31.5 Å². The van der Waals surface area contributed by atoms with Crippen molar-refractivity contribution in [1.82, 2.24) is 19.8 Å². The largest absolute Gasteiger partial charge is 0.347 e. The molecule has 0 spiro atoms. The molecular weight excluding hydrogens is 288 g/mol. The number of aromatic nitrogens is 2. The summed E-state index contributed by atoms with van der Waals surface area (Å²) in [7, 11) is 0. The highest BCUT2D eigenvalue weighted by Gasteiger charge is 2.20. The van der Waals surface area contributed by atoms with Gasteiger partial charge in [-0.15, -0.1) is 0 Å². The topological polar surface area (TPSA) is 50.2 Å². The molecule has 1 aliphatic heterocycles. The van der Waals surface area contributed by atoms with Crippen molar-refractivity contribution in [1.29, 1.82) is 0 Å². The van der Waals surface area contributed by atoms with Crippen LogP contribution in [0.4, 0.5) is 0 Å². The van der Waals surface area contributed by atoms with Crippen molar-refractivity contribution in [3.63, 3.8) is 0 Å². The second kappa shape index (κ2) is 6.54. The summed E-state index contributed by atoms with van der Waals surface area (Å²) < 4.78 is 2.10. The van der Waals surface area contributed by atoms with E-state index in [4.69, 9.17) is 0 Å². The molecule has 0 aliphatic carbocycles. The first-order valence-electron chi connectivity index (χ1n) is 8.19. The van der Waals surface area contributed by atoms with Gasteiger partial charge in [0, 0.05) is 25.8 Å². The number of nitrogens with zero attached hydrogens (tertiary/aromatic N) is 3. The first-order valence-corrected chi connectivity index (χ1v) is 8.19. The van der Waals surface area contributed by atoms with Gasteiger partial charge in [0.1, 0.15) is 11.5 Å². The number of fused-ring (bicyclic) bond motifs is 1. The fraction of sp³-hybridized carbons (Fsp3) is 0.444.